The molecule has 0 aromatic rings. The summed E-state index contributed by atoms with van der Waals surface area (Å²) in [6.07, 6.45) is 4.24. The minimum Gasteiger partial charge on any atom is -0.376 e. The van der Waals surface area contributed by atoms with E-state index in [1.165, 1.54) is 0 Å². The largest absolute Gasteiger partial charge is 0.376 e. The molecule has 0 radical (unpaired) electrons. The Hall–Kier alpha value is -0.650. The van der Waals surface area contributed by atoms with E-state index in [1.54, 1.807) is 0 Å². The Kier molecular flexibility index (Phi) is 4.97. The lowest BCUT2D eigenvalue weighted by molar-refractivity contribution is -0.136. The van der Waals surface area contributed by atoms with Gasteiger partial charge in [-0.05, 0) is 39.3 Å². The van der Waals surface area contributed by atoms with Gasteiger partial charge in [0.15, 0.2) is 0 Å². The summed E-state index contributed by atoms with van der Waals surface area (Å²) in [5.41, 5.74) is 5.62. The van der Waals surface area contributed by atoms with Crippen LogP contribution in [0.1, 0.15) is 25.7 Å². The maximum atomic E-state index is 12.5. The molecule has 0 spiro atoms. The summed E-state index contributed by atoms with van der Waals surface area (Å²) in [7, 11) is 2.02. The lowest BCUT2D eigenvalue weighted by Gasteiger charge is -2.29. The maximum Gasteiger partial charge on any atom is 0.240 e. The number of likely N-dealkylation sites (N-methyl/N-ethyl adjacent to an activating group) is 1. The van der Waals surface area contributed by atoms with Gasteiger partial charge < -0.3 is 15.4 Å². The molecule has 0 aromatic carbocycles. The van der Waals surface area contributed by atoms with Crippen molar-refractivity contribution in [1.29, 1.82) is 0 Å². The number of ether oxygens (including phenoxy) is 1. The van der Waals surface area contributed by atoms with Crippen LogP contribution in [0.3, 0.4) is 0 Å². The third-order valence-electron chi connectivity index (χ3n) is 3.96. The van der Waals surface area contributed by atoms with Crippen molar-refractivity contribution in [1.82, 2.24) is 9.80 Å². The molecule has 2 fully saturated rings. The molecule has 0 bridgehead atoms. The van der Waals surface area contributed by atoms with E-state index in [-0.39, 0.29) is 18.1 Å². The third kappa shape index (κ3) is 3.22. The summed E-state index contributed by atoms with van der Waals surface area (Å²) in [4.78, 5) is 16.6. The molecule has 0 aliphatic carbocycles. The van der Waals surface area contributed by atoms with E-state index in [0.29, 0.717) is 6.54 Å². The molecule has 2 aliphatic rings. The van der Waals surface area contributed by atoms with Gasteiger partial charge in [0.05, 0.1) is 12.1 Å². The molecular weight excluding hydrogens is 230 g/mol. The molecule has 0 aromatic heterocycles. The Morgan fingerprint density at radius 3 is 2.89 bits per heavy atom. The number of carbonyl (C=O) groups is 1. The zero-order valence-corrected chi connectivity index (χ0v) is 11.3. The first-order valence-electron chi connectivity index (χ1n) is 7.03. The number of hydrogen-bond donors (Lipinski definition) is 1. The Labute approximate surface area is 109 Å². The number of carbonyl (C=O) groups excluding carboxylic acids is 1. The minimum atomic E-state index is -0.0427. The van der Waals surface area contributed by atoms with Crippen molar-refractivity contribution >= 4 is 5.91 Å². The standard InChI is InChI=1S/C13H25N3O2/c1-15-7-3-8-16(10-11-4-2-9-18-11)13(17)12(15)5-6-14/h11-12H,2-10,14H2,1H3. The van der Waals surface area contributed by atoms with E-state index in [0.717, 1.165) is 51.9 Å². The Balaban J connectivity index is 1.97. The van der Waals surface area contributed by atoms with Gasteiger partial charge in [-0.25, -0.2) is 0 Å². The summed E-state index contributed by atoms with van der Waals surface area (Å²) in [5.74, 6) is 0.232. The maximum absolute atomic E-state index is 12.5. The second-order valence-electron chi connectivity index (χ2n) is 5.35. The SMILES string of the molecule is CN1CCCN(CC2CCCO2)C(=O)C1CCN. The first kappa shape index (κ1) is 13.8. The molecule has 104 valence electrons. The first-order valence-corrected chi connectivity index (χ1v) is 7.03. The van der Waals surface area contributed by atoms with Crippen LogP contribution < -0.4 is 5.73 Å². The van der Waals surface area contributed by atoms with Crippen LogP contribution in [0.2, 0.25) is 0 Å². The molecule has 2 heterocycles. The van der Waals surface area contributed by atoms with Gasteiger partial charge in [0.2, 0.25) is 5.91 Å². The van der Waals surface area contributed by atoms with E-state index >= 15 is 0 Å². The minimum absolute atomic E-state index is 0.0427. The van der Waals surface area contributed by atoms with Gasteiger partial charge in [-0.15, -0.1) is 0 Å². The molecule has 18 heavy (non-hydrogen) atoms. The fraction of sp³-hybridized carbons (Fsp3) is 0.923. The van der Waals surface area contributed by atoms with Crippen LogP contribution in [0.5, 0.6) is 0 Å². The fourth-order valence-corrected chi connectivity index (χ4v) is 2.89. The summed E-state index contributed by atoms with van der Waals surface area (Å²) in [6.45, 7) is 3.99. The highest BCUT2D eigenvalue weighted by molar-refractivity contribution is 5.82. The Morgan fingerprint density at radius 2 is 2.22 bits per heavy atom. The van der Waals surface area contributed by atoms with E-state index in [4.69, 9.17) is 10.5 Å². The molecule has 5 heteroatoms. The van der Waals surface area contributed by atoms with Crippen molar-refractivity contribution in [2.24, 2.45) is 5.73 Å². The van der Waals surface area contributed by atoms with Gasteiger partial charge in [0, 0.05) is 26.2 Å². The molecule has 5 nitrogen and oxygen atoms in total. The van der Waals surface area contributed by atoms with Gasteiger partial charge in [-0.3, -0.25) is 9.69 Å². The van der Waals surface area contributed by atoms with Crippen molar-refractivity contribution in [3.63, 3.8) is 0 Å². The second-order valence-corrected chi connectivity index (χ2v) is 5.35. The normalized spacial score (nSPS) is 30.8. The van der Waals surface area contributed by atoms with Crippen molar-refractivity contribution < 1.29 is 9.53 Å². The highest BCUT2D eigenvalue weighted by Gasteiger charge is 2.31. The molecule has 2 N–H and O–H groups in total. The molecule has 2 atom stereocenters. The number of rotatable bonds is 4. The van der Waals surface area contributed by atoms with Crippen LogP contribution in [0.15, 0.2) is 0 Å². The van der Waals surface area contributed by atoms with E-state index < -0.39 is 0 Å². The summed E-state index contributed by atoms with van der Waals surface area (Å²) in [5, 5.41) is 0. The Bertz CT molecular complexity index is 279. The van der Waals surface area contributed by atoms with E-state index in [9.17, 15) is 4.79 Å². The van der Waals surface area contributed by atoms with Crippen molar-refractivity contribution in [3.8, 4) is 0 Å². The molecular formula is C13H25N3O2. The average Bonchev–Trinajstić information content (AvgIpc) is 2.82. The van der Waals surface area contributed by atoms with Crippen LogP contribution in [-0.4, -0.2) is 67.7 Å². The zero-order chi connectivity index (χ0) is 13.0. The van der Waals surface area contributed by atoms with Crippen molar-refractivity contribution in [2.45, 2.75) is 37.8 Å². The zero-order valence-electron chi connectivity index (χ0n) is 11.3. The van der Waals surface area contributed by atoms with E-state index in [2.05, 4.69) is 4.90 Å². The highest BCUT2D eigenvalue weighted by atomic mass is 16.5. The van der Waals surface area contributed by atoms with Crippen LogP contribution in [0.4, 0.5) is 0 Å². The van der Waals surface area contributed by atoms with Gasteiger partial charge >= 0.3 is 0 Å². The van der Waals surface area contributed by atoms with Gasteiger partial charge in [-0.1, -0.05) is 0 Å². The van der Waals surface area contributed by atoms with Crippen LogP contribution in [0.25, 0.3) is 0 Å². The van der Waals surface area contributed by atoms with Gasteiger partial charge in [0.25, 0.3) is 0 Å². The third-order valence-corrected chi connectivity index (χ3v) is 3.96. The van der Waals surface area contributed by atoms with Crippen LogP contribution >= 0.6 is 0 Å². The molecule has 0 saturated carbocycles. The second kappa shape index (κ2) is 6.50. The quantitative estimate of drug-likeness (QED) is 0.771. The Morgan fingerprint density at radius 1 is 1.39 bits per heavy atom. The number of nitrogens with zero attached hydrogens (tertiary/aromatic N) is 2. The molecule has 2 rings (SSSR count). The lowest BCUT2D eigenvalue weighted by atomic mass is 10.1. The van der Waals surface area contributed by atoms with Crippen molar-refractivity contribution in [3.05, 3.63) is 0 Å². The molecule has 1 amide bonds. The smallest absolute Gasteiger partial charge is 0.240 e. The number of nitrogens with two attached hydrogens (primary N) is 1. The summed E-state index contributed by atoms with van der Waals surface area (Å²) in [6, 6.07) is -0.0427. The lowest BCUT2D eigenvalue weighted by Crippen LogP contribution is -2.47. The molecule has 2 aliphatic heterocycles. The summed E-state index contributed by atoms with van der Waals surface area (Å²) >= 11 is 0. The van der Waals surface area contributed by atoms with Gasteiger partial charge in [0.1, 0.15) is 0 Å². The van der Waals surface area contributed by atoms with Crippen LogP contribution in [0, 0.1) is 0 Å². The van der Waals surface area contributed by atoms with Crippen LogP contribution in [-0.2, 0) is 9.53 Å². The number of hydrogen-bond acceptors (Lipinski definition) is 4. The molecule has 2 saturated heterocycles. The fourth-order valence-electron chi connectivity index (χ4n) is 2.89. The number of amides is 1. The van der Waals surface area contributed by atoms with Gasteiger partial charge in [-0.2, -0.15) is 0 Å². The predicted molar refractivity (Wildman–Crippen MR) is 70.3 cm³/mol. The first-order chi connectivity index (χ1) is 8.72. The summed E-state index contributed by atoms with van der Waals surface area (Å²) < 4.78 is 5.63. The van der Waals surface area contributed by atoms with E-state index in [1.807, 2.05) is 11.9 Å². The molecule has 2 unspecified atom stereocenters. The van der Waals surface area contributed by atoms with Crippen molar-refractivity contribution in [2.75, 3.05) is 39.8 Å². The monoisotopic (exact) mass is 255 g/mol. The predicted octanol–water partition coefficient (Wildman–Crippen LogP) is 0.0469. The highest BCUT2D eigenvalue weighted by Crippen LogP contribution is 2.17. The topological polar surface area (TPSA) is 58.8 Å². The average molecular weight is 255 g/mol.